The van der Waals surface area contributed by atoms with Crippen LogP contribution in [0.4, 0.5) is 4.39 Å². The zero-order valence-electron chi connectivity index (χ0n) is 12.1. The molecule has 0 aromatic heterocycles. The molecule has 6 heteroatoms. The number of benzene rings is 1. The highest BCUT2D eigenvalue weighted by molar-refractivity contribution is 7.89. The fraction of sp³-hybridized carbons (Fsp3) is 0.571. The van der Waals surface area contributed by atoms with Gasteiger partial charge >= 0.3 is 0 Å². The van der Waals surface area contributed by atoms with Gasteiger partial charge in [-0.25, -0.2) is 12.8 Å². The quantitative estimate of drug-likeness (QED) is 0.841. The Balaban J connectivity index is 3.23. The SMILES string of the molecule is CCC(C)CN(CC)S(=O)(=O)c1cc(F)ccc1CO. The first-order valence-electron chi connectivity index (χ1n) is 6.76. The lowest BCUT2D eigenvalue weighted by atomic mass is 10.1. The van der Waals surface area contributed by atoms with Gasteiger partial charge in [0.25, 0.3) is 0 Å². The molecule has 0 saturated heterocycles. The van der Waals surface area contributed by atoms with Crippen LogP contribution in [-0.4, -0.2) is 30.9 Å². The predicted molar refractivity (Wildman–Crippen MR) is 76.2 cm³/mol. The first-order chi connectivity index (χ1) is 9.36. The van der Waals surface area contributed by atoms with Crippen molar-refractivity contribution in [3.8, 4) is 0 Å². The van der Waals surface area contributed by atoms with Crippen molar-refractivity contribution < 1.29 is 17.9 Å². The van der Waals surface area contributed by atoms with Crippen molar-refractivity contribution in [3.63, 3.8) is 0 Å². The second kappa shape index (κ2) is 7.15. The summed E-state index contributed by atoms with van der Waals surface area (Å²) in [5.41, 5.74) is 0.217. The Morgan fingerprint density at radius 1 is 1.35 bits per heavy atom. The molecule has 1 aromatic rings. The van der Waals surface area contributed by atoms with Gasteiger partial charge < -0.3 is 5.11 Å². The summed E-state index contributed by atoms with van der Waals surface area (Å²) in [7, 11) is -3.79. The predicted octanol–water partition coefficient (Wildman–Crippen LogP) is 2.37. The van der Waals surface area contributed by atoms with Gasteiger partial charge in [-0.15, -0.1) is 0 Å². The van der Waals surface area contributed by atoms with Crippen LogP contribution in [0.25, 0.3) is 0 Å². The van der Waals surface area contributed by atoms with Gasteiger partial charge in [-0.3, -0.25) is 0 Å². The minimum absolute atomic E-state index is 0.148. The first kappa shape index (κ1) is 17.1. The number of hydrogen-bond acceptors (Lipinski definition) is 3. The molecule has 114 valence electrons. The number of nitrogens with zero attached hydrogens (tertiary/aromatic N) is 1. The highest BCUT2D eigenvalue weighted by Gasteiger charge is 2.27. The second-order valence-corrected chi connectivity index (χ2v) is 6.79. The molecule has 0 aliphatic heterocycles. The molecule has 1 unspecified atom stereocenters. The number of aliphatic hydroxyl groups is 1. The van der Waals surface area contributed by atoms with Crippen molar-refractivity contribution >= 4 is 10.0 Å². The summed E-state index contributed by atoms with van der Waals surface area (Å²) in [4.78, 5) is -0.148. The van der Waals surface area contributed by atoms with Gasteiger partial charge in [0, 0.05) is 13.1 Å². The van der Waals surface area contributed by atoms with E-state index in [9.17, 15) is 17.9 Å². The Labute approximate surface area is 120 Å². The summed E-state index contributed by atoms with van der Waals surface area (Å²) >= 11 is 0. The van der Waals surface area contributed by atoms with Crippen LogP contribution in [0.1, 0.15) is 32.8 Å². The Morgan fingerprint density at radius 2 is 2.00 bits per heavy atom. The van der Waals surface area contributed by atoms with Crippen molar-refractivity contribution in [3.05, 3.63) is 29.6 Å². The molecule has 0 amide bonds. The van der Waals surface area contributed by atoms with E-state index in [1.807, 2.05) is 13.8 Å². The minimum Gasteiger partial charge on any atom is -0.392 e. The van der Waals surface area contributed by atoms with Crippen molar-refractivity contribution in [2.75, 3.05) is 13.1 Å². The third-order valence-electron chi connectivity index (χ3n) is 3.38. The first-order valence-corrected chi connectivity index (χ1v) is 8.20. The van der Waals surface area contributed by atoms with Gasteiger partial charge in [0.2, 0.25) is 10.0 Å². The Morgan fingerprint density at radius 3 is 2.50 bits per heavy atom. The Bertz CT molecular complexity index is 545. The van der Waals surface area contributed by atoms with Crippen LogP contribution in [-0.2, 0) is 16.6 Å². The molecule has 0 heterocycles. The summed E-state index contributed by atoms with van der Waals surface area (Å²) < 4.78 is 39.9. The molecule has 0 bridgehead atoms. The minimum atomic E-state index is -3.79. The molecule has 4 nitrogen and oxygen atoms in total. The molecule has 0 radical (unpaired) electrons. The lowest BCUT2D eigenvalue weighted by Gasteiger charge is -2.24. The molecular formula is C14H22FNO3S. The average Bonchev–Trinajstić information content (AvgIpc) is 2.44. The van der Waals surface area contributed by atoms with Crippen LogP contribution >= 0.6 is 0 Å². The summed E-state index contributed by atoms with van der Waals surface area (Å²) in [6.07, 6.45) is 0.863. The molecule has 0 saturated carbocycles. The van der Waals surface area contributed by atoms with Gasteiger partial charge in [-0.2, -0.15) is 4.31 Å². The topological polar surface area (TPSA) is 57.6 Å². The second-order valence-electron chi connectivity index (χ2n) is 4.88. The molecule has 1 atom stereocenters. The summed E-state index contributed by atoms with van der Waals surface area (Å²) in [5.74, 6) is -0.406. The standard InChI is InChI=1S/C14H22FNO3S/c1-4-11(3)9-16(5-2)20(18,19)14-8-13(15)7-6-12(14)10-17/h6-8,11,17H,4-5,9-10H2,1-3H3. The van der Waals surface area contributed by atoms with Crippen molar-refractivity contribution in [1.29, 1.82) is 0 Å². The number of hydrogen-bond donors (Lipinski definition) is 1. The molecular weight excluding hydrogens is 281 g/mol. The van der Waals surface area contributed by atoms with Crippen molar-refractivity contribution in [2.24, 2.45) is 5.92 Å². The maximum atomic E-state index is 13.3. The molecule has 0 spiro atoms. The van der Waals surface area contributed by atoms with Crippen LogP contribution < -0.4 is 0 Å². The maximum absolute atomic E-state index is 13.3. The van der Waals surface area contributed by atoms with E-state index in [2.05, 4.69) is 0 Å². The highest BCUT2D eigenvalue weighted by atomic mass is 32.2. The third-order valence-corrected chi connectivity index (χ3v) is 5.41. The van der Waals surface area contributed by atoms with Crippen LogP contribution in [0, 0.1) is 11.7 Å². The molecule has 20 heavy (non-hydrogen) atoms. The molecule has 1 N–H and O–H groups in total. The zero-order chi connectivity index (χ0) is 15.3. The maximum Gasteiger partial charge on any atom is 0.243 e. The van der Waals surface area contributed by atoms with Crippen LogP contribution in [0.15, 0.2) is 23.1 Å². The number of aliphatic hydroxyl groups excluding tert-OH is 1. The summed E-state index contributed by atoms with van der Waals surface area (Å²) in [6, 6.07) is 3.43. The van der Waals surface area contributed by atoms with E-state index in [1.54, 1.807) is 6.92 Å². The van der Waals surface area contributed by atoms with E-state index in [0.717, 1.165) is 18.6 Å². The average molecular weight is 303 g/mol. The summed E-state index contributed by atoms with van der Waals surface area (Å²) in [6.45, 7) is 5.97. The fourth-order valence-electron chi connectivity index (χ4n) is 1.91. The molecule has 0 aliphatic carbocycles. The van der Waals surface area contributed by atoms with E-state index < -0.39 is 22.4 Å². The highest BCUT2D eigenvalue weighted by Crippen LogP contribution is 2.23. The lowest BCUT2D eigenvalue weighted by molar-refractivity contribution is 0.277. The van der Waals surface area contributed by atoms with Gasteiger partial charge in [0.05, 0.1) is 11.5 Å². The largest absolute Gasteiger partial charge is 0.392 e. The fourth-order valence-corrected chi connectivity index (χ4v) is 3.71. The molecule has 0 aliphatic rings. The molecule has 1 rings (SSSR count). The van der Waals surface area contributed by atoms with E-state index in [0.29, 0.717) is 13.1 Å². The van der Waals surface area contributed by atoms with Crippen molar-refractivity contribution in [1.82, 2.24) is 4.31 Å². The monoisotopic (exact) mass is 303 g/mol. The van der Waals surface area contributed by atoms with Gasteiger partial charge in [0.15, 0.2) is 0 Å². The molecule has 1 aromatic carbocycles. The van der Waals surface area contributed by atoms with E-state index in [1.165, 1.54) is 10.4 Å². The van der Waals surface area contributed by atoms with Gasteiger partial charge in [-0.1, -0.05) is 33.3 Å². The number of sulfonamides is 1. The van der Waals surface area contributed by atoms with Gasteiger partial charge in [0.1, 0.15) is 5.82 Å². The van der Waals surface area contributed by atoms with Gasteiger partial charge in [-0.05, 0) is 23.6 Å². The zero-order valence-corrected chi connectivity index (χ0v) is 13.0. The van der Waals surface area contributed by atoms with Crippen LogP contribution in [0.3, 0.4) is 0 Å². The van der Waals surface area contributed by atoms with Crippen molar-refractivity contribution in [2.45, 2.75) is 38.7 Å². The van der Waals surface area contributed by atoms with Crippen LogP contribution in [0.5, 0.6) is 0 Å². The normalized spacial score (nSPS) is 13.7. The smallest absolute Gasteiger partial charge is 0.243 e. The molecule has 0 fully saturated rings. The van der Waals surface area contributed by atoms with E-state index >= 15 is 0 Å². The summed E-state index contributed by atoms with van der Waals surface area (Å²) in [5, 5.41) is 9.25. The Hall–Kier alpha value is -0.980. The third kappa shape index (κ3) is 3.77. The van der Waals surface area contributed by atoms with Crippen LogP contribution in [0.2, 0.25) is 0 Å². The van der Waals surface area contributed by atoms with E-state index in [4.69, 9.17) is 0 Å². The number of halogens is 1. The lowest BCUT2D eigenvalue weighted by Crippen LogP contribution is -2.35. The number of rotatable bonds is 7. The van der Waals surface area contributed by atoms with E-state index in [-0.39, 0.29) is 16.4 Å². The Kier molecular flexibility index (Phi) is 6.10.